The standard InChI is InChI=1S/C8H11NO2.C5H3N/c1-2-9-6-5-11-7-3-4-10-8(6)7;1-2-4-5(3-1)6-4/h1,6-9H,3-5H2;1-3H/t6-,7+,8+;/m0./s1. The summed E-state index contributed by atoms with van der Waals surface area (Å²) in [6.07, 6.45) is 6.59. The summed E-state index contributed by atoms with van der Waals surface area (Å²) < 4.78 is 10.9. The molecule has 2 saturated heterocycles. The van der Waals surface area contributed by atoms with Crippen molar-refractivity contribution in [3.05, 3.63) is 18.2 Å². The van der Waals surface area contributed by atoms with E-state index in [4.69, 9.17) is 15.9 Å². The van der Waals surface area contributed by atoms with Crippen molar-refractivity contribution in [3.8, 4) is 23.9 Å². The lowest BCUT2D eigenvalue weighted by Crippen LogP contribution is -2.37. The summed E-state index contributed by atoms with van der Waals surface area (Å²) in [4.78, 5) is 3.95. The smallest absolute Gasteiger partial charge is 0.107 e. The third-order valence-corrected chi connectivity index (χ3v) is 3.20. The maximum absolute atomic E-state index is 5.46. The van der Waals surface area contributed by atoms with Crippen molar-refractivity contribution in [3.63, 3.8) is 0 Å². The predicted molar refractivity (Wildman–Crippen MR) is 63.1 cm³/mol. The van der Waals surface area contributed by atoms with E-state index in [9.17, 15) is 0 Å². The van der Waals surface area contributed by atoms with Crippen molar-refractivity contribution in [2.24, 2.45) is 0 Å². The highest BCUT2D eigenvalue weighted by atomic mass is 16.6. The Hall–Kier alpha value is -1.57. The maximum atomic E-state index is 5.46. The first-order valence-electron chi connectivity index (χ1n) is 5.80. The highest BCUT2D eigenvalue weighted by Crippen LogP contribution is 2.26. The van der Waals surface area contributed by atoms with Crippen LogP contribution in [0.2, 0.25) is 0 Å². The van der Waals surface area contributed by atoms with Crippen LogP contribution in [-0.4, -0.2) is 36.4 Å². The fourth-order valence-corrected chi connectivity index (χ4v) is 2.28. The highest BCUT2D eigenvalue weighted by molar-refractivity contribution is 5.67. The van der Waals surface area contributed by atoms with Crippen LogP contribution in [0.4, 0.5) is 0 Å². The quantitative estimate of drug-likeness (QED) is 0.581. The van der Waals surface area contributed by atoms with Crippen molar-refractivity contribution in [2.45, 2.75) is 24.7 Å². The van der Waals surface area contributed by atoms with E-state index < -0.39 is 0 Å². The summed E-state index contributed by atoms with van der Waals surface area (Å²) in [6.45, 7) is 1.48. The first kappa shape index (κ1) is 10.6. The lowest BCUT2D eigenvalue weighted by atomic mass is 10.1. The van der Waals surface area contributed by atoms with Crippen LogP contribution in [-0.2, 0) is 9.47 Å². The van der Waals surface area contributed by atoms with Gasteiger partial charge in [0.2, 0.25) is 0 Å². The van der Waals surface area contributed by atoms with Crippen LogP contribution in [0.5, 0.6) is 0 Å². The van der Waals surface area contributed by atoms with E-state index in [1.54, 1.807) is 0 Å². The van der Waals surface area contributed by atoms with Crippen molar-refractivity contribution in [2.75, 3.05) is 13.2 Å². The van der Waals surface area contributed by atoms with Crippen LogP contribution in [0.1, 0.15) is 6.42 Å². The Bertz CT molecular complexity index is 438. The Morgan fingerprint density at radius 1 is 1.35 bits per heavy atom. The Labute approximate surface area is 100 Å². The molecule has 0 radical (unpaired) electrons. The van der Waals surface area contributed by atoms with Gasteiger partial charge in [0.05, 0.1) is 30.1 Å². The van der Waals surface area contributed by atoms with Crippen molar-refractivity contribution in [1.29, 1.82) is 0 Å². The number of ether oxygens (including phenoxy) is 2. The Kier molecular flexibility index (Phi) is 2.71. The molecular weight excluding hydrogens is 216 g/mol. The normalized spacial score (nSPS) is 30.9. The lowest BCUT2D eigenvalue weighted by molar-refractivity contribution is 0.0695. The molecule has 17 heavy (non-hydrogen) atoms. The Balaban J connectivity index is 0.000000125. The van der Waals surface area contributed by atoms with Crippen molar-refractivity contribution < 1.29 is 9.47 Å². The van der Waals surface area contributed by atoms with Crippen molar-refractivity contribution in [1.82, 2.24) is 10.3 Å². The van der Waals surface area contributed by atoms with Gasteiger partial charge in [0.1, 0.15) is 6.10 Å². The molecule has 0 spiro atoms. The van der Waals surface area contributed by atoms with Crippen LogP contribution >= 0.6 is 0 Å². The van der Waals surface area contributed by atoms with Gasteiger partial charge >= 0.3 is 0 Å². The highest BCUT2D eigenvalue weighted by Gasteiger charge is 2.41. The molecule has 4 rings (SSSR count). The van der Waals surface area contributed by atoms with E-state index in [1.807, 2.05) is 18.2 Å². The fraction of sp³-hybridized carbons (Fsp3) is 0.462. The van der Waals surface area contributed by atoms with Gasteiger partial charge in [-0.1, -0.05) is 12.5 Å². The molecule has 0 aromatic rings. The average Bonchev–Trinajstić information content (AvgIpc) is 2.79. The predicted octanol–water partition coefficient (Wildman–Crippen LogP) is 0.785. The maximum Gasteiger partial charge on any atom is 0.107 e. The second-order valence-electron chi connectivity index (χ2n) is 4.30. The Morgan fingerprint density at radius 2 is 2.18 bits per heavy atom. The molecule has 0 saturated carbocycles. The van der Waals surface area contributed by atoms with Crippen LogP contribution in [0, 0.1) is 12.5 Å². The molecule has 4 nitrogen and oxygen atoms in total. The first-order chi connectivity index (χ1) is 8.38. The summed E-state index contributed by atoms with van der Waals surface area (Å²) in [5, 5.41) is 2.89. The summed E-state index contributed by atoms with van der Waals surface area (Å²) in [5.74, 6) is 0. The van der Waals surface area contributed by atoms with Gasteiger partial charge in [-0.05, 0) is 18.6 Å². The summed E-state index contributed by atoms with van der Waals surface area (Å²) in [5.41, 5.74) is 2.35. The van der Waals surface area contributed by atoms with E-state index in [-0.39, 0.29) is 18.2 Å². The molecule has 0 unspecified atom stereocenters. The minimum Gasteiger partial charge on any atom is -0.373 e. The number of nitrogens with zero attached hydrogens (tertiary/aromatic N) is 1. The molecule has 0 bridgehead atoms. The van der Waals surface area contributed by atoms with Gasteiger partial charge in [-0.3, -0.25) is 0 Å². The molecule has 0 aromatic heterocycles. The second-order valence-corrected chi connectivity index (χ2v) is 4.30. The molecule has 3 atom stereocenters. The van der Waals surface area contributed by atoms with Crippen LogP contribution in [0.3, 0.4) is 0 Å². The third kappa shape index (κ3) is 2.12. The number of terminal acetylenes is 1. The van der Waals surface area contributed by atoms with Gasteiger partial charge in [-0.15, -0.1) is 0 Å². The van der Waals surface area contributed by atoms with Gasteiger partial charge in [0.25, 0.3) is 0 Å². The molecule has 4 heteroatoms. The third-order valence-electron chi connectivity index (χ3n) is 3.20. The molecule has 0 aromatic carbocycles. The number of aromatic nitrogens is 1. The number of hydrogen-bond donors (Lipinski definition) is 1. The number of hydrogen-bond acceptors (Lipinski definition) is 4. The molecule has 4 aliphatic rings. The van der Waals surface area contributed by atoms with E-state index in [0.717, 1.165) is 13.0 Å². The van der Waals surface area contributed by atoms with Crippen LogP contribution < -0.4 is 5.32 Å². The number of pyridine rings is 1. The van der Waals surface area contributed by atoms with Gasteiger partial charge in [0.15, 0.2) is 0 Å². The zero-order valence-corrected chi connectivity index (χ0v) is 9.43. The molecule has 0 amide bonds. The number of nitrogens with one attached hydrogen (secondary N) is 1. The zero-order valence-electron chi connectivity index (χ0n) is 9.43. The monoisotopic (exact) mass is 230 g/mol. The first-order valence-corrected chi connectivity index (χ1v) is 5.80. The van der Waals surface area contributed by atoms with Crippen LogP contribution in [0.15, 0.2) is 18.2 Å². The second kappa shape index (κ2) is 4.36. The average molecular weight is 230 g/mol. The summed E-state index contributed by atoms with van der Waals surface area (Å²) >= 11 is 0. The lowest BCUT2D eigenvalue weighted by Gasteiger charge is -2.13. The molecule has 1 N–H and O–H groups in total. The number of rotatable bonds is 1. The number of fused-ring (bicyclic) bond motifs is 2. The van der Waals surface area contributed by atoms with E-state index in [2.05, 4.69) is 16.3 Å². The van der Waals surface area contributed by atoms with Gasteiger partial charge in [-0.25, -0.2) is 4.98 Å². The van der Waals surface area contributed by atoms with Crippen LogP contribution in [0.25, 0.3) is 11.4 Å². The van der Waals surface area contributed by atoms with Crippen molar-refractivity contribution >= 4 is 0 Å². The SMILES string of the molecule is C#CN[C@H]1CO[C@@H]2CCO[C@H]12.c1cc2nc-2c1. The van der Waals surface area contributed by atoms with E-state index in [1.165, 1.54) is 11.4 Å². The molecule has 3 heterocycles. The largest absolute Gasteiger partial charge is 0.373 e. The summed E-state index contributed by atoms with van der Waals surface area (Å²) in [6, 6.07) is 8.64. The van der Waals surface area contributed by atoms with E-state index >= 15 is 0 Å². The fourth-order valence-electron chi connectivity index (χ4n) is 2.28. The van der Waals surface area contributed by atoms with Gasteiger partial charge < -0.3 is 14.8 Å². The Morgan fingerprint density at radius 3 is 2.76 bits per heavy atom. The molecule has 88 valence electrons. The minimum absolute atomic E-state index is 0.186. The molecular formula is C13H14N2O2. The zero-order chi connectivity index (χ0) is 11.7. The molecule has 3 aliphatic heterocycles. The van der Waals surface area contributed by atoms with Gasteiger partial charge in [0, 0.05) is 12.7 Å². The van der Waals surface area contributed by atoms with E-state index in [0.29, 0.717) is 6.61 Å². The topological polar surface area (TPSA) is 43.4 Å². The molecule has 1 aliphatic carbocycles. The summed E-state index contributed by atoms with van der Waals surface area (Å²) in [7, 11) is 0. The minimum atomic E-state index is 0.186. The van der Waals surface area contributed by atoms with Gasteiger partial charge in [-0.2, -0.15) is 0 Å². The molecule has 2 fully saturated rings.